The van der Waals surface area contributed by atoms with Crippen molar-refractivity contribution in [3.63, 3.8) is 0 Å². The van der Waals surface area contributed by atoms with Crippen LogP contribution in [0.3, 0.4) is 0 Å². The molecule has 6 heteroatoms. The Balaban J connectivity index is 1.59. The normalized spacial score (nSPS) is 25.5. The standard InChI is InChI=1S/C12H17N3O2S/c1-9-8-18-12(13-9)15-5-3-14(4-6-15)10-2-7-17-11(10)16/h8,10H,2-7H2,1H3/t10-/m1/s1. The van der Waals surface area contributed by atoms with E-state index in [4.69, 9.17) is 4.74 Å². The van der Waals surface area contributed by atoms with Crippen molar-refractivity contribution in [2.45, 2.75) is 19.4 Å². The number of nitrogens with zero attached hydrogens (tertiary/aromatic N) is 3. The van der Waals surface area contributed by atoms with Gasteiger partial charge < -0.3 is 9.64 Å². The molecule has 2 fully saturated rings. The first-order chi connectivity index (χ1) is 8.74. The van der Waals surface area contributed by atoms with Gasteiger partial charge in [-0.2, -0.15) is 0 Å². The summed E-state index contributed by atoms with van der Waals surface area (Å²) in [5.74, 6) is -0.0476. The van der Waals surface area contributed by atoms with Gasteiger partial charge >= 0.3 is 5.97 Å². The average molecular weight is 267 g/mol. The number of anilines is 1. The molecular formula is C12H17N3O2S. The topological polar surface area (TPSA) is 45.7 Å². The molecule has 18 heavy (non-hydrogen) atoms. The minimum absolute atomic E-state index is 0.00909. The summed E-state index contributed by atoms with van der Waals surface area (Å²) in [6.45, 7) is 6.31. The minimum Gasteiger partial charge on any atom is -0.464 e. The number of ether oxygens (including phenoxy) is 1. The Kier molecular flexibility index (Phi) is 3.22. The van der Waals surface area contributed by atoms with E-state index >= 15 is 0 Å². The van der Waals surface area contributed by atoms with Gasteiger partial charge in [0.2, 0.25) is 0 Å². The van der Waals surface area contributed by atoms with Gasteiger partial charge in [0.15, 0.2) is 5.13 Å². The maximum Gasteiger partial charge on any atom is 0.323 e. The Labute approximate surface area is 110 Å². The number of rotatable bonds is 2. The molecule has 0 saturated carbocycles. The number of carbonyl (C=O) groups is 1. The Bertz CT molecular complexity index is 440. The number of aromatic nitrogens is 1. The number of carbonyl (C=O) groups excluding carboxylic acids is 1. The lowest BCUT2D eigenvalue weighted by Crippen LogP contribution is -2.51. The van der Waals surface area contributed by atoms with Crippen molar-refractivity contribution in [1.29, 1.82) is 0 Å². The van der Waals surface area contributed by atoms with Gasteiger partial charge in [0.25, 0.3) is 0 Å². The largest absolute Gasteiger partial charge is 0.464 e. The van der Waals surface area contributed by atoms with Crippen molar-refractivity contribution in [3.05, 3.63) is 11.1 Å². The van der Waals surface area contributed by atoms with E-state index in [1.54, 1.807) is 11.3 Å². The molecule has 3 rings (SSSR count). The van der Waals surface area contributed by atoms with E-state index in [1.165, 1.54) is 0 Å². The highest BCUT2D eigenvalue weighted by Gasteiger charge is 2.34. The quantitative estimate of drug-likeness (QED) is 0.745. The van der Waals surface area contributed by atoms with Crippen LogP contribution >= 0.6 is 11.3 Å². The predicted molar refractivity (Wildman–Crippen MR) is 70.0 cm³/mol. The van der Waals surface area contributed by atoms with E-state index in [9.17, 15) is 4.79 Å². The third-order valence-corrected chi connectivity index (χ3v) is 4.56. The number of hydrogen-bond acceptors (Lipinski definition) is 6. The van der Waals surface area contributed by atoms with Crippen molar-refractivity contribution in [2.24, 2.45) is 0 Å². The number of cyclic esters (lactones) is 1. The van der Waals surface area contributed by atoms with E-state index in [0.717, 1.165) is 43.4 Å². The van der Waals surface area contributed by atoms with Gasteiger partial charge in [-0.25, -0.2) is 4.98 Å². The van der Waals surface area contributed by atoms with Crippen LogP contribution in [0.4, 0.5) is 5.13 Å². The summed E-state index contributed by atoms with van der Waals surface area (Å²) in [5.41, 5.74) is 1.08. The molecule has 5 nitrogen and oxygen atoms in total. The molecule has 1 aromatic heterocycles. The van der Waals surface area contributed by atoms with E-state index in [1.807, 2.05) is 6.92 Å². The van der Waals surface area contributed by atoms with Crippen LogP contribution in [-0.2, 0) is 9.53 Å². The van der Waals surface area contributed by atoms with Gasteiger partial charge in [-0.3, -0.25) is 9.69 Å². The third kappa shape index (κ3) is 2.22. The molecule has 0 aliphatic carbocycles. The highest BCUT2D eigenvalue weighted by molar-refractivity contribution is 7.13. The molecule has 3 heterocycles. The van der Waals surface area contributed by atoms with Crippen LogP contribution in [0.15, 0.2) is 5.38 Å². The van der Waals surface area contributed by atoms with Crippen molar-refractivity contribution in [3.8, 4) is 0 Å². The van der Waals surface area contributed by atoms with Gasteiger partial charge in [0.05, 0.1) is 12.3 Å². The summed E-state index contributed by atoms with van der Waals surface area (Å²) in [6.07, 6.45) is 0.842. The summed E-state index contributed by atoms with van der Waals surface area (Å²) in [5, 5.41) is 3.18. The molecule has 2 aliphatic heterocycles. The second-order valence-corrected chi connectivity index (χ2v) is 5.60. The first-order valence-corrected chi connectivity index (χ1v) is 7.20. The van der Waals surface area contributed by atoms with Crippen LogP contribution in [-0.4, -0.2) is 54.7 Å². The molecule has 0 spiro atoms. The molecule has 0 N–H and O–H groups in total. The molecule has 98 valence electrons. The number of esters is 1. The molecule has 2 saturated heterocycles. The minimum atomic E-state index is -0.0476. The highest BCUT2D eigenvalue weighted by Crippen LogP contribution is 2.23. The fraction of sp³-hybridized carbons (Fsp3) is 0.667. The lowest BCUT2D eigenvalue weighted by atomic mass is 10.2. The Morgan fingerprint density at radius 2 is 2.17 bits per heavy atom. The number of aryl methyl sites for hydroxylation is 1. The van der Waals surface area contributed by atoms with Gasteiger partial charge in [-0.1, -0.05) is 0 Å². The number of piperazine rings is 1. The molecule has 0 radical (unpaired) electrons. The summed E-state index contributed by atoms with van der Waals surface area (Å²) < 4.78 is 5.03. The zero-order valence-electron chi connectivity index (χ0n) is 10.5. The molecular weight excluding hydrogens is 250 g/mol. The van der Waals surface area contributed by atoms with Crippen LogP contribution in [0.25, 0.3) is 0 Å². The highest BCUT2D eigenvalue weighted by atomic mass is 32.1. The summed E-state index contributed by atoms with van der Waals surface area (Å²) in [6, 6.07) is -0.00909. The summed E-state index contributed by atoms with van der Waals surface area (Å²) in [7, 11) is 0. The van der Waals surface area contributed by atoms with E-state index in [0.29, 0.717) is 6.61 Å². The van der Waals surface area contributed by atoms with E-state index in [2.05, 4.69) is 20.2 Å². The summed E-state index contributed by atoms with van der Waals surface area (Å²) >= 11 is 1.69. The third-order valence-electron chi connectivity index (χ3n) is 3.54. The van der Waals surface area contributed by atoms with Crippen molar-refractivity contribution in [2.75, 3.05) is 37.7 Å². The van der Waals surface area contributed by atoms with Crippen LogP contribution in [0.5, 0.6) is 0 Å². The van der Waals surface area contributed by atoms with Gasteiger partial charge in [0.1, 0.15) is 6.04 Å². The maximum atomic E-state index is 11.5. The van der Waals surface area contributed by atoms with Crippen LogP contribution in [0.2, 0.25) is 0 Å². The smallest absolute Gasteiger partial charge is 0.323 e. The van der Waals surface area contributed by atoms with E-state index < -0.39 is 0 Å². The Morgan fingerprint density at radius 3 is 2.72 bits per heavy atom. The predicted octanol–water partition coefficient (Wildman–Crippen LogP) is 0.889. The molecule has 0 aromatic carbocycles. The average Bonchev–Trinajstić information content (AvgIpc) is 2.98. The second kappa shape index (κ2) is 4.85. The number of hydrogen-bond donors (Lipinski definition) is 0. The molecule has 1 atom stereocenters. The molecule has 0 unspecified atom stereocenters. The van der Waals surface area contributed by atoms with Crippen LogP contribution < -0.4 is 4.90 Å². The monoisotopic (exact) mass is 267 g/mol. The SMILES string of the molecule is Cc1csc(N2CCN([C@@H]3CCOC3=O)CC2)n1. The fourth-order valence-electron chi connectivity index (χ4n) is 2.53. The number of thiazole rings is 1. The molecule has 0 amide bonds. The van der Waals surface area contributed by atoms with Crippen molar-refractivity contribution >= 4 is 22.4 Å². The Morgan fingerprint density at radius 1 is 1.39 bits per heavy atom. The molecule has 0 bridgehead atoms. The molecule has 1 aromatic rings. The first-order valence-electron chi connectivity index (χ1n) is 6.32. The van der Waals surface area contributed by atoms with Crippen LogP contribution in [0.1, 0.15) is 12.1 Å². The Hall–Kier alpha value is -1.14. The first kappa shape index (κ1) is 11.9. The fourth-order valence-corrected chi connectivity index (χ4v) is 3.39. The zero-order valence-corrected chi connectivity index (χ0v) is 11.3. The van der Waals surface area contributed by atoms with Gasteiger partial charge in [0, 0.05) is 38.0 Å². The van der Waals surface area contributed by atoms with Gasteiger partial charge in [-0.15, -0.1) is 11.3 Å². The van der Waals surface area contributed by atoms with Crippen molar-refractivity contribution in [1.82, 2.24) is 9.88 Å². The van der Waals surface area contributed by atoms with E-state index in [-0.39, 0.29) is 12.0 Å². The summed E-state index contributed by atoms with van der Waals surface area (Å²) in [4.78, 5) is 20.6. The zero-order chi connectivity index (χ0) is 12.5. The van der Waals surface area contributed by atoms with Gasteiger partial charge in [-0.05, 0) is 6.92 Å². The lowest BCUT2D eigenvalue weighted by Gasteiger charge is -2.36. The van der Waals surface area contributed by atoms with Crippen LogP contribution in [0, 0.1) is 6.92 Å². The second-order valence-electron chi connectivity index (χ2n) is 4.77. The maximum absolute atomic E-state index is 11.5. The lowest BCUT2D eigenvalue weighted by molar-refractivity contribution is -0.142. The molecule has 2 aliphatic rings. The van der Waals surface area contributed by atoms with Crippen molar-refractivity contribution < 1.29 is 9.53 Å².